The number of ether oxygens (including phenoxy) is 3. The average molecular weight is 1030 g/mol. The molecule has 18 heteroatoms. The van der Waals surface area contributed by atoms with Crippen LogP contribution in [0, 0.1) is 46.3 Å². The van der Waals surface area contributed by atoms with Crippen LogP contribution in [-0.2, 0) is 28.6 Å². The number of nitrogens with one attached hydrogen (secondary N) is 1. The number of halogens is 2. The largest absolute Gasteiger partial charge is 0.459 e. The summed E-state index contributed by atoms with van der Waals surface area (Å²) >= 11 is 7.53. The van der Waals surface area contributed by atoms with Crippen LogP contribution in [0.4, 0.5) is 4.39 Å². The van der Waals surface area contributed by atoms with E-state index in [9.17, 15) is 50.1 Å². The zero-order chi connectivity index (χ0) is 53.3. The van der Waals surface area contributed by atoms with Crippen molar-refractivity contribution in [1.82, 2.24) is 15.1 Å². The molecule has 6 rings (SSSR count). The van der Waals surface area contributed by atoms with E-state index in [4.69, 9.17) is 25.8 Å². The van der Waals surface area contributed by atoms with E-state index in [1.165, 1.54) is 26.0 Å². The first-order chi connectivity index (χ1) is 32.8. The Hall–Kier alpha value is -2.13. The molecule has 3 saturated carbocycles. The average Bonchev–Trinajstić information content (AvgIpc) is 3.49. The van der Waals surface area contributed by atoms with Crippen molar-refractivity contribution < 1.29 is 68.7 Å². The Morgan fingerprint density at radius 1 is 0.958 bits per heavy atom. The minimum absolute atomic E-state index is 0.0427. The van der Waals surface area contributed by atoms with E-state index < -0.39 is 129 Å². The molecule has 16 nitrogen and oxygen atoms in total. The summed E-state index contributed by atoms with van der Waals surface area (Å²) in [4.78, 5) is 43.1. The summed E-state index contributed by atoms with van der Waals surface area (Å²) in [5.41, 5.74) is -7.78. The number of nitrogens with zero attached hydrogens (tertiary/aromatic N) is 2. The lowest BCUT2D eigenvalue weighted by molar-refractivity contribution is -0.299. The number of hydrogen-bond donors (Lipinski definition) is 8. The van der Waals surface area contributed by atoms with Crippen LogP contribution in [0.1, 0.15) is 121 Å². The molecule has 0 spiro atoms. The van der Waals surface area contributed by atoms with Gasteiger partial charge in [-0.25, -0.2) is 4.39 Å². The van der Waals surface area contributed by atoms with Gasteiger partial charge in [-0.15, -0.1) is 11.6 Å². The van der Waals surface area contributed by atoms with Crippen molar-refractivity contribution in [2.75, 3.05) is 33.7 Å². The van der Waals surface area contributed by atoms with E-state index in [2.05, 4.69) is 5.32 Å². The molecule has 0 aromatic carbocycles. The number of aliphatic hydroxyl groups excluding tert-OH is 4. The van der Waals surface area contributed by atoms with Gasteiger partial charge in [0.25, 0.3) is 5.91 Å². The molecule has 2 aliphatic heterocycles. The van der Waals surface area contributed by atoms with Gasteiger partial charge >= 0.3 is 5.97 Å². The van der Waals surface area contributed by atoms with E-state index >= 15 is 4.39 Å². The molecule has 8 N–H and O–H groups in total. The number of cyclic esters (lactones) is 1. The van der Waals surface area contributed by atoms with Gasteiger partial charge in [0, 0.05) is 48.5 Å². The predicted molar refractivity (Wildman–Crippen MR) is 264 cm³/mol. The maximum absolute atomic E-state index is 16.2. The summed E-state index contributed by atoms with van der Waals surface area (Å²) in [5.74, 6) is -5.90. The molecule has 4 unspecified atom stereocenters. The lowest BCUT2D eigenvalue weighted by atomic mass is 9.45. The molecule has 406 valence electrons. The van der Waals surface area contributed by atoms with Gasteiger partial charge in [-0.1, -0.05) is 47.6 Å². The molecule has 5 fully saturated rings. The van der Waals surface area contributed by atoms with Crippen LogP contribution < -0.4 is 5.32 Å². The summed E-state index contributed by atoms with van der Waals surface area (Å²) in [5, 5.41) is 87.5. The van der Waals surface area contributed by atoms with Gasteiger partial charge in [-0.3, -0.25) is 19.3 Å². The molecule has 0 bridgehead atoms. The Morgan fingerprint density at radius 3 is 2.23 bits per heavy atom. The maximum Gasteiger partial charge on any atom is 0.311 e. The lowest BCUT2D eigenvalue weighted by Gasteiger charge is -2.64. The van der Waals surface area contributed by atoms with Crippen LogP contribution in [0.5, 0.6) is 0 Å². The Morgan fingerprint density at radius 2 is 1.61 bits per heavy atom. The first-order valence-electron chi connectivity index (χ1n) is 26.1. The Kier molecular flexibility index (Phi) is 17.3. The van der Waals surface area contributed by atoms with E-state index in [1.54, 1.807) is 54.5 Å². The SMILES string of the molecule is CC[C@H]1OC(=O)[C@H](C)[C@@H](O)[C@H](C)[C@@H](OC2OC(C)C[C@@H](N(C)C)[C@H]2O)[C@](C)(O)C[C@@H](C)CN(CCCNC(=O)[C@@]2(O)[C@H](C)CC3C4C[C@H](F)C5=CC(=O)C=C[C@]5(C)[C@@]4(Cl)[C@@H](O)C[C@@]32C)[C@H](C)[C@@H](O)[C@]1(C)O. The van der Waals surface area contributed by atoms with Crippen LogP contribution in [0.25, 0.3) is 0 Å². The van der Waals surface area contributed by atoms with Crippen molar-refractivity contribution in [3.63, 3.8) is 0 Å². The Balaban J connectivity index is 1.23. The molecule has 4 aliphatic carbocycles. The fraction of sp³-hybridized carbons (Fsp3) is 0.868. The third-order valence-corrected chi connectivity index (χ3v) is 19.7. The monoisotopic (exact) mass is 1030 g/mol. The number of carbonyl (C=O) groups excluding carboxylic acids is 3. The molecule has 0 radical (unpaired) electrons. The number of ketones is 1. The Labute approximate surface area is 425 Å². The standard InChI is InChI=1S/C53H87ClFN3O13/c1-14-40-51(11,67)43(63)32(7)58(26-27(2)24-50(10,66)44(30(5)41(61)31(6)45(64)70-40)71-46-42(62)38(57(12)13)21-29(4)69-46)19-15-18-56-47(65)53(68)28(3)20-34-35-23-37(55)36-22-33(59)16-17-48(36,8)52(35,54)39(60)25-49(34,53)9/h16-17,22,27-32,34-35,37-44,46,60-63,66-68H,14-15,18-21,23-26H2,1-13H3,(H,56,65)/t27-,28-,29?,30+,31-,32-,34?,35?,37+,38-,39+,40-,41+,42-,43-,44-,46?,48+,49+,50-,51-,52+,53+/m1/s1. The van der Waals surface area contributed by atoms with Crippen LogP contribution in [-0.4, -0.2) is 186 Å². The number of rotatable bonds is 9. The number of aliphatic hydroxyl groups is 7. The molecule has 23 atom stereocenters. The molecular weight excluding hydrogens is 941 g/mol. The van der Waals surface area contributed by atoms with Gasteiger partial charge < -0.3 is 60.2 Å². The number of carbonyl (C=O) groups is 3. The van der Waals surface area contributed by atoms with Gasteiger partial charge in [-0.2, -0.15) is 0 Å². The van der Waals surface area contributed by atoms with Gasteiger partial charge in [-0.05, 0) is 135 Å². The van der Waals surface area contributed by atoms with Crippen molar-refractivity contribution in [3.05, 3.63) is 23.8 Å². The summed E-state index contributed by atoms with van der Waals surface area (Å²) in [6.45, 7) is 19.3. The van der Waals surface area contributed by atoms with E-state index in [0.717, 1.165) is 0 Å². The summed E-state index contributed by atoms with van der Waals surface area (Å²) in [6, 6.07) is -1.11. The molecule has 1 amide bonds. The number of fused-ring (bicyclic) bond motifs is 5. The summed E-state index contributed by atoms with van der Waals surface area (Å²) in [6.07, 6.45) is -5.12. The van der Waals surface area contributed by atoms with Crippen LogP contribution in [0.15, 0.2) is 23.8 Å². The second kappa shape index (κ2) is 21.1. The number of allylic oxidation sites excluding steroid dienone is 4. The van der Waals surface area contributed by atoms with E-state index in [0.29, 0.717) is 19.3 Å². The molecule has 0 aromatic heterocycles. The zero-order valence-electron chi connectivity index (χ0n) is 44.3. The number of likely N-dealkylation sites (N-methyl/N-ethyl adjacent to an activating group) is 1. The van der Waals surface area contributed by atoms with Crippen LogP contribution >= 0.6 is 11.6 Å². The van der Waals surface area contributed by atoms with Crippen molar-refractivity contribution >= 4 is 29.3 Å². The summed E-state index contributed by atoms with van der Waals surface area (Å²) < 4.78 is 34.7. The first-order valence-corrected chi connectivity index (χ1v) is 26.5. The van der Waals surface area contributed by atoms with E-state index in [-0.39, 0.29) is 74.7 Å². The quantitative estimate of drug-likeness (QED) is 0.0939. The van der Waals surface area contributed by atoms with Gasteiger partial charge in [0.1, 0.15) is 30.1 Å². The molecular formula is C53H87ClFN3O13. The second-order valence-electron chi connectivity index (χ2n) is 24.0. The smallest absolute Gasteiger partial charge is 0.311 e. The Bertz CT molecular complexity index is 2010. The minimum atomic E-state index is -1.97. The topological polar surface area (TPSA) is 239 Å². The van der Waals surface area contributed by atoms with Crippen molar-refractivity contribution in [1.29, 1.82) is 0 Å². The molecule has 71 heavy (non-hydrogen) atoms. The first kappa shape index (κ1) is 58.1. The highest BCUT2D eigenvalue weighted by molar-refractivity contribution is 6.26. The molecule has 2 heterocycles. The van der Waals surface area contributed by atoms with Crippen LogP contribution in [0.2, 0.25) is 0 Å². The van der Waals surface area contributed by atoms with Crippen molar-refractivity contribution in [2.24, 2.45) is 46.3 Å². The highest BCUT2D eigenvalue weighted by Crippen LogP contribution is 2.71. The normalized spacial score (nSPS) is 50.2. The highest BCUT2D eigenvalue weighted by Gasteiger charge is 2.76. The van der Waals surface area contributed by atoms with Crippen LogP contribution in [0.3, 0.4) is 0 Å². The summed E-state index contributed by atoms with van der Waals surface area (Å²) in [7, 11) is 3.69. The van der Waals surface area contributed by atoms with Gasteiger partial charge in [0.2, 0.25) is 0 Å². The molecule has 2 saturated heterocycles. The minimum Gasteiger partial charge on any atom is -0.459 e. The number of alkyl halides is 2. The number of amides is 1. The van der Waals surface area contributed by atoms with Crippen molar-refractivity contribution in [3.8, 4) is 0 Å². The van der Waals surface area contributed by atoms with Gasteiger partial charge in [0.05, 0.1) is 40.8 Å². The third-order valence-electron chi connectivity index (χ3n) is 18.8. The van der Waals surface area contributed by atoms with Crippen molar-refractivity contribution in [2.45, 2.75) is 210 Å². The lowest BCUT2D eigenvalue weighted by Crippen LogP contribution is -2.70. The van der Waals surface area contributed by atoms with Gasteiger partial charge in [0.15, 0.2) is 17.7 Å². The number of hydrogen-bond acceptors (Lipinski definition) is 15. The maximum atomic E-state index is 16.2. The second-order valence-corrected chi connectivity index (χ2v) is 24.7. The third kappa shape index (κ3) is 10.1. The number of esters is 1. The fourth-order valence-electron chi connectivity index (χ4n) is 14.5. The highest BCUT2D eigenvalue weighted by atomic mass is 35.5. The van der Waals surface area contributed by atoms with E-state index in [1.807, 2.05) is 37.7 Å². The zero-order valence-corrected chi connectivity index (χ0v) is 45.1. The molecule has 0 aromatic rings. The molecule has 6 aliphatic rings. The predicted octanol–water partition coefficient (Wildman–Crippen LogP) is 3.42. The fourth-order valence-corrected chi connectivity index (χ4v) is 15.0.